The van der Waals surface area contributed by atoms with Crippen LogP contribution in [-0.2, 0) is 11.3 Å². The molecule has 4 rings (SSSR count). The third kappa shape index (κ3) is 4.18. The number of pyridine rings is 2. The van der Waals surface area contributed by atoms with E-state index in [1.165, 1.54) is 10.8 Å². The number of fused-ring (bicyclic) bond motifs is 1. The van der Waals surface area contributed by atoms with Gasteiger partial charge in [-0.15, -0.1) is 0 Å². The summed E-state index contributed by atoms with van der Waals surface area (Å²) in [5.41, 5.74) is 2.36. The Kier molecular flexibility index (Phi) is 5.88. The first kappa shape index (κ1) is 21.5. The van der Waals surface area contributed by atoms with Crippen molar-refractivity contribution < 1.29 is 9.59 Å². The molecule has 4 aromatic rings. The van der Waals surface area contributed by atoms with Crippen LogP contribution in [0.15, 0.2) is 71.7 Å². The Hall–Kier alpha value is -3.77. The Morgan fingerprint density at radius 1 is 1.00 bits per heavy atom. The molecule has 0 saturated carbocycles. The van der Waals surface area contributed by atoms with Crippen LogP contribution in [0, 0.1) is 13.8 Å². The second-order valence-electron chi connectivity index (χ2n) is 7.48. The highest BCUT2D eigenvalue weighted by Gasteiger charge is 2.19. The van der Waals surface area contributed by atoms with E-state index in [1.807, 2.05) is 6.92 Å². The van der Waals surface area contributed by atoms with Crippen LogP contribution in [0.25, 0.3) is 11.0 Å². The molecule has 7 heteroatoms. The molecule has 1 N–H and O–H groups in total. The molecule has 1 amide bonds. The molecule has 0 aliphatic rings. The zero-order chi connectivity index (χ0) is 22.8. The number of anilines is 1. The molecule has 0 fully saturated rings. The molecule has 0 radical (unpaired) electrons. The summed E-state index contributed by atoms with van der Waals surface area (Å²) >= 11 is 6.15. The molecule has 0 spiro atoms. The maximum Gasteiger partial charge on any atom is 0.244 e. The Morgan fingerprint density at radius 2 is 1.75 bits per heavy atom. The van der Waals surface area contributed by atoms with Gasteiger partial charge in [0.2, 0.25) is 11.3 Å². The molecule has 2 aromatic heterocycles. The lowest BCUT2D eigenvalue weighted by molar-refractivity contribution is -0.116. The quantitative estimate of drug-likeness (QED) is 0.457. The Labute approximate surface area is 189 Å². The Morgan fingerprint density at radius 3 is 2.50 bits per heavy atom. The lowest BCUT2D eigenvalue weighted by atomic mass is 10.0. The lowest BCUT2D eigenvalue weighted by Crippen LogP contribution is -2.25. The summed E-state index contributed by atoms with van der Waals surface area (Å²) in [6, 6.07) is 17.2. The summed E-state index contributed by atoms with van der Waals surface area (Å²) < 4.78 is 1.54. The van der Waals surface area contributed by atoms with Gasteiger partial charge in [0, 0.05) is 28.2 Å². The number of hydrogen-bond acceptors (Lipinski definition) is 4. The first-order chi connectivity index (χ1) is 15.3. The van der Waals surface area contributed by atoms with Gasteiger partial charge in [0.1, 0.15) is 12.2 Å². The molecule has 0 atom stereocenters. The first-order valence-electron chi connectivity index (χ1n) is 10.0. The number of benzene rings is 2. The van der Waals surface area contributed by atoms with E-state index in [2.05, 4.69) is 10.3 Å². The fraction of sp³-hybridized carbons (Fsp3) is 0.120. The summed E-state index contributed by atoms with van der Waals surface area (Å²) in [7, 11) is 0. The molecule has 2 aromatic carbocycles. The van der Waals surface area contributed by atoms with Crippen molar-refractivity contribution in [2.75, 3.05) is 5.32 Å². The standard InChI is InChI=1S/C25H20ClN3O3/c1-15-11-12-18-24(32)19(23(31)17-7-4-3-5-8-17)13-29(25(18)27-15)14-22(30)28-21-10-6-9-20(26)16(21)2/h3-13H,14H2,1-2H3,(H,28,30). The number of aryl methyl sites for hydroxylation is 1. The predicted octanol–water partition coefficient (Wildman–Crippen LogP) is 4.54. The van der Waals surface area contributed by atoms with E-state index in [1.54, 1.807) is 67.6 Å². The molecule has 6 nitrogen and oxygen atoms in total. The van der Waals surface area contributed by atoms with Crippen molar-refractivity contribution in [2.24, 2.45) is 0 Å². The number of aromatic nitrogens is 2. The molecule has 0 unspecified atom stereocenters. The van der Waals surface area contributed by atoms with E-state index in [-0.39, 0.29) is 23.4 Å². The van der Waals surface area contributed by atoms with Gasteiger partial charge in [0.25, 0.3) is 0 Å². The fourth-order valence-electron chi connectivity index (χ4n) is 3.47. The van der Waals surface area contributed by atoms with Crippen LogP contribution in [-0.4, -0.2) is 21.2 Å². The van der Waals surface area contributed by atoms with Gasteiger partial charge in [-0.1, -0.05) is 48.0 Å². The van der Waals surface area contributed by atoms with Crippen molar-refractivity contribution in [1.29, 1.82) is 0 Å². The highest BCUT2D eigenvalue weighted by Crippen LogP contribution is 2.23. The third-order valence-electron chi connectivity index (χ3n) is 5.20. The molecular formula is C25H20ClN3O3. The molecule has 0 aliphatic heterocycles. The summed E-state index contributed by atoms with van der Waals surface area (Å²) in [5, 5.41) is 3.67. The average Bonchev–Trinajstić information content (AvgIpc) is 2.79. The minimum Gasteiger partial charge on any atom is -0.324 e. The number of ketones is 1. The van der Waals surface area contributed by atoms with Gasteiger partial charge in [-0.3, -0.25) is 14.4 Å². The minimum atomic E-state index is -0.413. The van der Waals surface area contributed by atoms with Crippen LogP contribution in [0.5, 0.6) is 0 Å². The van der Waals surface area contributed by atoms with Crippen LogP contribution in [0.1, 0.15) is 27.2 Å². The zero-order valence-corrected chi connectivity index (χ0v) is 18.3. The van der Waals surface area contributed by atoms with E-state index < -0.39 is 11.2 Å². The normalized spacial score (nSPS) is 10.8. The van der Waals surface area contributed by atoms with Crippen molar-refractivity contribution in [3.05, 3.63) is 104 Å². The summed E-state index contributed by atoms with van der Waals surface area (Å²) in [4.78, 5) is 43.4. The van der Waals surface area contributed by atoms with E-state index in [9.17, 15) is 14.4 Å². The highest BCUT2D eigenvalue weighted by molar-refractivity contribution is 6.31. The number of rotatable bonds is 5. The number of nitrogens with zero attached hydrogens (tertiary/aromatic N) is 2. The van der Waals surface area contributed by atoms with Crippen LogP contribution >= 0.6 is 11.6 Å². The molecule has 32 heavy (non-hydrogen) atoms. The monoisotopic (exact) mass is 445 g/mol. The van der Waals surface area contributed by atoms with Gasteiger partial charge in [-0.05, 0) is 43.7 Å². The number of hydrogen-bond donors (Lipinski definition) is 1. The Bertz CT molecular complexity index is 1410. The number of nitrogens with one attached hydrogen (secondary N) is 1. The maximum atomic E-state index is 13.1. The smallest absolute Gasteiger partial charge is 0.244 e. The SMILES string of the molecule is Cc1ccc2c(=O)c(C(=O)c3ccccc3)cn(CC(=O)Nc3cccc(Cl)c3C)c2n1. The van der Waals surface area contributed by atoms with Gasteiger partial charge in [0.05, 0.1) is 10.9 Å². The van der Waals surface area contributed by atoms with Gasteiger partial charge in [-0.2, -0.15) is 0 Å². The van der Waals surface area contributed by atoms with Crippen LogP contribution < -0.4 is 10.7 Å². The molecular weight excluding hydrogens is 426 g/mol. The van der Waals surface area contributed by atoms with E-state index in [0.717, 1.165) is 5.56 Å². The third-order valence-corrected chi connectivity index (χ3v) is 5.61. The minimum absolute atomic E-state index is 0.0129. The van der Waals surface area contributed by atoms with Crippen molar-refractivity contribution >= 4 is 40.0 Å². The van der Waals surface area contributed by atoms with Gasteiger partial charge >= 0.3 is 0 Å². The number of halogens is 1. The zero-order valence-electron chi connectivity index (χ0n) is 17.6. The largest absolute Gasteiger partial charge is 0.324 e. The average molecular weight is 446 g/mol. The van der Waals surface area contributed by atoms with Gasteiger partial charge in [-0.25, -0.2) is 4.98 Å². The Balaban J connectivity index is 1.77. The maximum absolute atomic E-state index is 13.1. The lowest BCUT2D eigenvalue weighted by Gasteiger charge is -2.14. The van der Waals surface area contributed by atoms with E-state index >= 15 is 0 Å². The second kappa shape index (κ2) is 8.77. The summed E-state index contributed by atoms with van der Waals surface area (Å²) in [5.74, 6) is -0.736. The molecule has 0 bridgehead atoms. The first-order valence-corrected chi connectivity index (χ1v) is 10.4. The van der Waals surface area contributed by atoms with Crippen LogP contribution in [0.4, 0.5) is 5.69 Å². The molecule has 0 aliphatic carbocycles. The number of carbonyl (C=O) groups excluding carboxylic acids is 2. The summed E-state index contributed by atoms with van der Waals surface area (Å²) in [6.45, 7) is 3.48. The van der Waals surface area contributed by atoms with Crippen molar-refractivity contribution in [2.45, 2.75) is 20.4 Å². The highest BCUT2D eigenvalue weighted by atomic mass is 35.5. The second-order valence-corrected chi connectivity index (χ2v) is 7.89. The van der Waals surface area contributed by atoms with Crippen molar-refractivity contribution in [3.63, 3.8) is 0 Å². The number of carbonyl (C=O) groups is 2. The fourth-order valence-corrected chi connectivity index (χ4v) is 3.65. The summed E-state index contributed by atoms with van der Waals surface area (Å²) in [6.07, 6.45) is 1.41. The predicted molar refractivity (Wildman–Crippen MR) is 125 cm³/mol. The van der Waals surface area contributed by atoms with Crippen LogP contribution in [0.2, 0.25) is 5.02 Å². The molecule has 160 valence electrons. The number of amides is 1. The molecule has 0 saturated heterocycles. The van der Waals surface area contributed by atoms with Gasteiger partial charge in [0.15, 0.2) is 5.78 Å². The van der Waals surface area contributed by atoms with Crippen molar-refractivity contribution in [1.82, 2.24) is 9.55 Å². The van der Waals surface area contributed by atoms with Crippen LogP contribution in [0.3, 0.4) is 0 Å². The van der Waals surface area contributed by atoms with Crippen molar-refractivity contribution in [3.8, 4) is 0 Å². The topological polar surface area (TPSA) is 81.1 Å². The van der Waals surface area contributed by atoms with E-state index in [0.29, 0.717) is 27.6 Å². The van der Waals surface area contributed by atoms with E-state index in [4.69, 9.17) is 11.6 Å². The van der Waals surface area contributed by atoms with Gasteiger partial charge < -0.3 is 9.88 Å². The molecule has 2 heterocycles.